The molecular weight excluding hydrogens is 264 g/mol. The molecule has 2 heterocycles. The van der Waals surface area contributed by atoms with Gasteiger partial charge >= 0.3 is 0 Å². The van der Waals surface area contributed by atoms with E-state index >= 15 is 0 Å². The van der Waals surface area contributed by atoms with E-state index in [2.05, 4.69) is 22.2 Å². The fraction of sp³-hybridized carbons (Fsp3) is 0.562. The zero-order valence-electron chi connectivity index (χ0n) is 12.7. The molecule has 0 aliphatic carbocycles. The summed E-state index contributed by atoms with van der Waals surface area (Å²) in [7, 11) is 0. The zero-order chi connectivity index (χ0) is 15.1. The van der Waals surface area contributed by atoms with E-state index < -0.39 is 0 Å². The number of aromatic amines is 1. The van der Waals surface area contributed by atoms with Crippen LogP contribution in [0.1, 0.15) is 44.6 Å². The second-order valence-corrected chi connectivity index (χ2v) is 5.54. The third kappa shape index (κ3) is 4.19. The van der Waals surface area contributed by atoms with Gasteiger partial charge in [-0.3, -0.25) is 0 Å². The van der Waals surface area contributed by atoms with E-state index in [1.54, 1.807) is 6.20 Å². The number of aliphatic hydroxyl groups excluding tert-OH is 1. The smallest absolute Gasteiger partial charge is 0.132 e. The van der Waals surface area contributed by atoms with Crippen LogP contribution >= 0.6 is 0 Å². The summed E-state index contributed by atoms with van der Waals surface area (Å²) in [6, 6.07) is 2.08. The number of aromatic nitrogens is 2. The lowest BCUT2D eigenvalue weighted by Gasteiger charge is -2.16. The van der Waals surface area contributed by atoms with Crippen molar-refractivity contribution >= 4 is 16.7 Å². The Balaban J connectivity index is 1.90. The summed E-state index contributed by atoms with van der Waals surface area (Å²) >= 11 is 0. The molecule has 0 amide bonds. The number of nitrogen functional groups attached to an aromatic ring is 1. The summed E-state index contributed by atoms with van der Waals surface area (Å²) < 4.78 is 0. The lowest BCUT2D eigenvalue weighted by atomic mass is 10.1. The molecule has 5 N–H and O–H groups in total. The Morgan fingerprint density at radius 2 is 2.24 bits per heavy atom. The van der Waals surface area contributed by atoms with E-state index in [0.29, 0.717) is 12.4 Å². The number of anilines is 1. The lowest BCUT2D eigenvalue weighted by molar-refractivity contribution is 0.232. The first-order valence-electron chi connectivity index (χ1n) is 7.81. The van der Waals surface area contributed by atoms with E-state index in [-0.39, 0.29) is 12.6 Å². The summed E-state index contributed by atoms with van der Waals surface area (Å²) in [6.07, 6.45) is 9.57. The van der Waals surface area contributed by atoms with Crippen LogP contribution in [0.15, 0.2) is 18.5 Å². The van der Waals surface area contributed by atoms with Crippen molar-refractivity contribution in [2.75, 3.05) is 12.3 Å². The average molecular weight is 290 g/mol. The monoisotopic (exact) mass is 290 g/mol. The van der Waals surface area contributed by atoms with Gasteiger partial charge in [0.25, 0.3) is 0 Å². The van der Waals surface area contributed by atoms with Gasteiger partial charge in [-0.15, -0.1) is 0 Å². The molecule has 5 nitrogen and oxygen atoms in total. The molecule has 5 heteroatoms. The highest BCUT2D eigenvalue weighted by Gasteiger charge is 2.10. The number of fused-ring (bicyclic) bond motifs is 1. The van der Waals surface area contributed by atoms with Crippen molar-refractivity contribution in [1.29, 1.82) is 0 Å². The number of rotatable bonds is 9. The highest BCUT2D eigenvalue weighted by Crippen LogP contribution is 2.21. The molecule has 21 heavy (non-hydrogen) atoms. The third-order valence-electron chi connectivity index (χ3n) is 3.91. The Kier molecular flexibility index (Phi) is 6.02. The van der Waals surface area contributed by atoms with Crippen molar-refractivity contribution in [3.63, 3.8) is 0 Å². The summed E-state index contributed by atoms with van der Waals surface area (Å²) in [4.78, 5) is 7.43. The highest BCUT2D eigenvalue weighted by atomic mass is 16.3. The standard InChI is InChI=1S/C16H26N4O/c1-2-3-4-5-6-13(11-21)19-9-12-10-20-16(17)14-7-8-18-15(12)14/h7-8,10,13,18-19,21H,2-6,9,11H2,1H3,(H2,17,20)/t13-/m0/s1. The van der Waals surface area contributed by atoms with Gasteiger partial charge in [-0.25, -0.2) is 4.98 Å². The Morgan fingerprint density at radius 1 is 1.38 bits per heavy atom. The Labute approximate surface area is 126 Å². The SMILES string of the molecule is CCCCCC[C@@H](CO)NCc1cnc(N)c2cc[nH]c12. The van der Waals surface area contributed by atoms with E-state index in [1.165, 1.54) is 19.3 Å². The summed E-state index contributed by atoms with van der Waals surface area (Å²) in [5.41, 5.74) is 7.96. The molecule has 116 valence electrons. The van der Waals surface area contributed by atoms with Gasteiger partial charge in [0.1, 0.15) is 5.82 Å². The molecule has 0 aliphatic rings. The summed E-state index contributed by atoms with van der Waals surface area (Å²) in [5, 5.41) is 13.8. The molecule has 0 radical (unpaired) electrons. The van der Waals surface area contributed by atoms with E-state index in [9.17, 15) is 5.11 Å². The lowest BCUT2D eigenvalue weighted by Crippen LogP contribution is -2.32. The maximum Gasteiger partial charge on any atom is 0.132 e. The highest BCUT2D eigenvalue weighted by molar-refractivity contribution is 5.90. The second kappa shape index (κ2) is 8.00. The number of aliphatic hydroxyl groups is 1. The topological polar surface area (TPSA) is 87.0 Å². The van der Waals surface area contributed by atoms with Crippen molar-refractivity contribution in [2.24, 2.45) is 0 Å². The van der Waals surface area contributed by atoms with E-state index in [1.807, 2.05) is 12.3 Å². The van der Waals surface area contributed by atoms with Crippen LogP contribution < -0.4 is 11.1 Å². The van der Waals surface area contributed by atoms with Crippen LogP contribution in [0, 0.1) is 0 Å². The number of hydrogen-bond donors (Lipinski definition) is 4. The van der Waals surface area contributed by atoms with Crippen molar-refractivity contribution in [1.82, 2.24) is 15.3 Å². The van der Waals surface area contributed by atoms with Crippen molar-refractivity contribution in [3.05, 3.63) is 24.0 Å². The van der Waals surface area contributed by atoms with Crippen LogP contribution in [0.2, 0.25) is 0 Å². The molecule has 2 aromatic rings. The van der Waals surface area contributed by atoms with Crippen LogP contribution in [0.25, 0.3) is 10.9 Å². The predicted octanol–water partition coefficient (Wildman–Crippen LogP) is 2.57. The van der Waals surface area contributed by atoms with Gasteiger partial charge in [0.15, 0.2) is 0 Å². The number of unbranched alkanes of at least 4 members (excludes halogenated alkanes) is 3. The minimum Gasteiger partial charge on any atom is -0.395 e. The molecule has 0 aromatic carbocycles. The van der Waals surface area contributed by atoms with Gasteiger partial charge in [-0.05, 0) is 12.5 Å². The summed E-state index contributed by atoms with van der Waals surface area (Å²) in [5.74, 6) is 0.549. The number of pyridine rings is 1. The predicted molar refractivity (Wildman–Crippen MR) is 87.0 cm³/mol. The average Bonchev–Trinajstić information content (AvgIpc) is 2.99. The van der Waals surface area contributed by atoms with Crippen LogP contribution in [-0.4, -0.2) is 27.7 Å². The number of nitrogens with one attached hydrogen (secondary N) is 2. The van der Waals surface area contributed by atoms with Crippen molar-refractivity contribution in [2.45, 2.75) is 51.6 Å². The molecule has 2 aromatic heterocycles. The zero-order valence-corrected chi connectivity index (χ0v) is 12.7. The molecule has 2 rings (SSSR count). The normalized spacial score (nSPS) is 12.9. The molecular formula is C16H26N4O. The van der Waals surface area contributed by atoms with Gasteiger partial charge in [-0.2, -0.15) is 0 Å². The van der Waals surface area contributed by atoms with Crippen molar-refractivity contribution < 1.29 is 5.11 Å². The van der Waals surface area contributed by atoms with Crippen LogP contribution in [0.4, 0.5) is 5.82 Å². The largest absolute Gasteiger partial charge is 0.395 e. The van der Waals surface area contributed by atoms with Crippen LogP contribution in [0.3, 0.4) is 0 Å². The molecule has 0 fully saturated rings. The quantitative estimate of drug-likeness (QED) is 0.535. The van der Waals surface area contributed by atoms with E-state index in [0.717, 1.165) is 29.3 Å². The molecule has 0 bridgehead atoms. The maximum absolute atomic E-state index is 9.47. The molecule has 0 saturated heterocycles. The van der Waals surface area contributed by atoms with Gasteiger partial charge in [0, 0.05) is 35.9 Å². The van der Waals surface area contributed by atoms with Gasteiger partial charge < -0.3 is 21.1 Å². The van der Waals surface area contributed by atoms with Gasteiger partial charge in [0.2, 0.25) is 0 Å². The first-order valence-corrected chi connectivity index (χ1v) is 7.81. The minimum atomic E-state index is 0.143. The Hall–Kier alpha value is -1.59. The molecule has 0 unspecified atom stereocenters. The fourth-order valence-corrected chi connectivity index (χ4v) is 2.59. The van der Waals surface area contributed by atoms with Gasteiger partial charge in [0.05, 0.1) is 12.1 Å². The molecule has 0 saturated carbocycles. The maximum atomic E-state index is 9.47. The number of nitrogens with zero attached hydrogens (tertiary/aromatic N) is 1. The molecule has 0 aliphatic heterocycles. The first kappa shape index (κ1) is 15.8. The van der Waals surface area contributed by atoms with E-state index in [4.69, 9.17) is 5.73 Å². The van der Waals surface area contributed by atoms with Crippen LogP contribution in [-0.2, 0) is 6.54 Å². The van der Waals surface area contributed by atoms with Gasteiger partial charge in [-0.1, -0.05) is 32.6 Å². The molecule has 0 spiro atoms. The summed E-state index contributed by atoms with van der Waals surface area (Å²) in [6.45, 7) is 3.06. The first-order chi connectivity index (χ1) is 10.3. The minimum absolute atomic E-state index is 0.143. The third-order valence-corrected chi connectivity index (χ3v) is 3.91. The fourth-order valence-electron chi connectivity index (χ4n) is 2.59. The second-order valence-electron chi connectivity index (χ2n) is 5.54. The van der Waals surface area contributed by atoms with Crippen LogP contribution in [0.5, 0.6) is 0 Å². The Bertz CT molecular complexity index is 552. The molecule has 1 atom stereocenters. The number of H-pyrrole nitrogens is 1. The number of hydrogen-bond acceptors (Lipinski definition) is 4. The van der Waals surface area contributed by atoms with Crippen molar-refractivity contribution in [3.8, 4) is 0 Å². The number of nitrogens with two attached hydrogens (primary N) is 1. The Morgan fingerprint density at radius 3 is 3.00 bits per heavy atom.